The highest BCUT2D eigenvalue weighted by molar-refractivity contribution is 5.05. The third kappa shape index (κ3) is 2.83. The van der Waals surface area contributed by atoms with E-state index >= 15 is 0 Å². The van der Waals surface area contributed by atoms with Crippen molar-refractivity contribution in [1.29, 1.82) is 0 Å². The van der Waals surface area contributed by atoms with Crippen molar-refractivity contribution < 1.29 is 0 Å². The molecule has 0 saturated carbocycles. The number of rotatable bonds is 4. The van der Waals surface area contributed by atoms with E-state index in [2.05, 4.69) is 20.4 Å². The predicted molar refractivity (Wildman–Crippen MR) is 58.4 cm³/mol. The number of hydrogen-bond donors (Lipinski definition) is 1. The van der Waals surface area contributed by atoms with Crippen molar-refractivity contribution in [3.63, 3.8) is 0 Å². The van der Waals surface area contributed by atoms with Crippen LogP contribution in [0.3, 0.4) is 0 Å². The van der Waals surface area contributed by atoms with E-state index in [1.165, 1.54) is 4.80 Å². The lowest BCUT2D eigenvalue weighted by atomic mass is 10.1. The highest BCUT2D eigenvalue weighted by Crippen LogP contribution is 2.01. The van der Waals surface area contributed by atoms with Crippen LogP contribution in [0.2, 0.25) is 0 Å². The van der Waals surface area contributed by atoms with E-state index in [4.69, 9.17) is 5.73 Å². The first-order chi connectivity index (χ1) is 7.74. The van der Waals surface area contributed by atoms with Crippen LogP contribution in [0.1, 0.15) is 11.5 Å². The number of aryl methyl sites for hydroxylation is 1. The maximum absolute atomic E-state index is 5.99. The van der Waals surface area contributed by atoms with Gasteiger partial charge < -0.3 is 5.73 Å². The first-order valence-electron chi connectivity index (χ1n) is 5.12. The van der Waals surface area contributed by atoms with Crippen LogP contribution in [0.4, 0.5) is 0 Å². The topological polar surface area (TPSA) is 82.5 Å². The molecule has 1 unspecified atom stereocenters. The van der Waals surface area contributed by atoms with E-state index in [9.17, 15) is 0 Å². The summed E-state index contributed by atoms with van der Waals surface area (Å²) in [7, 11) is 1.74. The summed E-state index contributed by atoms with van der Waals surface area (Å²) in [6.07, 6.45) is 3.10. The molecule has 0 bridgehead atoms. The standard InChI is InChI=1S/C10H14N6/c1-16-14-10(13-15-16)7-8(11)6-9-4-2-3-5-12-9/h2-5,8H,6-7,11H2,1H3. The van der Waals surface area contributed by atoms with Gasteiger partial charge in [0.2, 0.25) is 0 Å². The smallest absolute Gasteiger partial charge is 0.176 e. The minimum absolute atomic E-state index is 0.0286. The monoisotopic (exact) mass is 218 g/mol. The number of aromatic nitrogens is 5. The molecule has 2 heterocycles. The van der Waals surface area contributed by atoms with Gasteiger partial charge in [-0.15, -0.1) is 10.2 Å². The molecular formula is C10H14N6. The highest BCUT2D eigenvalue weighted by Gasteiger charge is 2.09. The zero-order valence-corrected chi connectivity index (χ0v) is 9.11. The first-order valence-corrected chi connectivity index (χ1v) is 5.12. The van der Waals surface area contributed by atoms with Crippen LogP contribution in [0.15, 0.2) is 24.4 Å². The summed E-state index contributed by atoms with van der Waals surface area (Å²) in [5.41, 5.74) is 6.98. The average molecular weight is 218 g/mol. The largest absolute Gasteiger partial charge is 0.327 e. The lowest BCUT2D eigenvalue weighted by Gasteiger charge is -2.07. The molecule has 0 aliphatic rings. The molecule has 6 nitrogen and oxygen atoms in total. The predicted octanol–water partition coefficient (Wildman–Crippen LogP) is -0.282. The molecule has 0 spiro atoms. The minimum Gasteiger partial charge on any atom is -0.327 e. The second kappa shape index (κ2) is 4.80. The summed E-state index contributed by atoms with van der Waals surface area (Å²) in [4.78, 5) is 5.66. The zero-order chi connectivity index (χ0) is 11.4. The molecule has 84 valence electrons. The molecule has 0 aliphatic carbocycles. The molecular weight excluding hydrogens is 204 g/mol. The molecule has 16 heavy (non-hydrogen) atoms. The van der Waals surface area contributed by atoms with Crippen molar-refractivity contribution in [3.05, 3.63) is 35.9 Å². The number of pyridine rings is 1. The lowest BCUT2D eigenvalue weighted by Crippen LogP contribution is -2.26. The number of hydrogen-bond acceptors (Lipinski definition) is 5. The molecule has 1 atom stereocenters. The second-order valence-corrected chi connectivity index (χ2v) is 3.68. The molecule has 0 saturated heterocycles. The quantitative estimate of drug-likeness (QED) is 0.763. The highest BCUT2D eigenvalue weighted by atomic mass is 15.6. The molecule has 0 aliphatic heterocycles. The fourth-order valence-electron chi connectivity index (χ4n) is 1.50. The summed E-state index contributed by atoms with van der Waals surface area (Å²) in [6, 6.07) is 5.78. The van der Waals surface area contributed by atoms with Gasteiger partial charge in [-0.1, -0.05) is 6.07 Å². The summed E-state index contributed by atoms with van der Waals surface area (Å²) < 4.78 is 0. The number of nitrogens with two attached hydrogens (primary N) is 1. The molecule has 2 aromatic rings. The van der Waals surface area contributed by atoms with Crippen LogP contribution in [-0.4, -0.2) is 31.2 Å². The molecule has 2 aromatic heterocycles. The zero-order valence-electron chi connectivity index (χ0n) is 9.11. The van der Waals surface area contributed by atoms with Crippen molar-refractivity contribution in [2.75, 3.05) is 0 Å². The van der Waals surface area contributed by atoms with Crippen LogP contribution >= 0.6 is 0 Å². The Hall–Kier alpha value is -1.82. The molecule has 2 rings (SSSR count). The Bertz CT molecular complexity index is 438. The maximum Gasteiger partial charge on any atom is 0.176 e. The number of tetrazole rings is 1. The summed E-state index contributed by atoms with van der Waals surface area (Å²) in [5, 5.41) is 11.7. The van der Waals surface area contributed by atoms with Crippen LogP contribution in [0.5, 0.6) is 0 Å². The molecule has 0 amide bonds. The Morgan fingerprint density at radius 3 is 2.88 bits per heavy atom. The first kappa shape index (κ1) is 10.7. The van der Waals surface area contributed by atoms with Crippen molar-refractivity contribution in [1.82, 2.24) is 25.2 Å². The van der Waals surface area contributed by atoms with E-state index in [-0.39, 0.29) is 6.04 Å². The maximum atomic E-state index is 5.99. The van der Waals surface area contributed by atoms with Crippen molar-refractivity contribution in [3.8, 4) is 0 Å². The molecule has 0 aromatic carbocycles. The van der Waals surface area contributed by atoms with Gasteiger partial charge in [-0.2, -0.15) is 4.80 Å². The fraction of sp³-hybridized carbons (Fsp3) is 0.400. The van der Waals surface area contributed by atoms with Crippen LogP contribution in [0.25, 0.3) is 0 Å². The second-order valence-electron chi connectivity index (χ2n) is 3.68. The Morgan fingerprint density at radius 1 is 1.38 bits per heavy atom. The SMILES string of the molecule is Cn1nnc(CC(N)Cc2ccccn2)n1. The summed E-state index contributed by atoms with van der Waals surface area (Å²) in [5.74, 6) is 0.672. The molecule has 2 N–H and O–H groups in total. The van der Waals surface area contributed by atoms with Gasteiger partial charge in [-0.05, 0) is 17.3 Å². The van der Waals surface area contributed by atoms with Gasteiger partial charge >= 0.3 is 0 Å². The summed E-state index contributed by atoms with van der Waals surface area (Å²) >= 11 is 0. The van der Waals surface area contributed by atoms with Gasteiger partial charge in [-0.3, -0.25) is 4.98 Å². The normalized spacial score (nSPS) is 12.6. The Labute approximate surface area is 93.5 Å². The van der Waals surface area contributed by atoms with Crippen LogP contribution in [0, 0.1) is 0 Å². The van der Waals surface area contributed by atoms with Gasteiger partial charge in [0.1, 0.15) is 0 Å². The fourth-order valence-corrected chi connectivity index (χ4v) is 1.50. The molecule has 0 radical (unpaired) electrons. The summed E-state index contributed by atoms with van der Waals surface area (Å²) in [6.45, 7) is 0. The van der Waals surface area contributed by atoms with Crippen LogP contribution in [-0.2, 0) is 19.9 Å². The van der Waals surface area contributed by atoms with E-state index in [1.807, 2.05) is 18.2 Å². The Kier molecular flexibility index (Phi) is 3.21. The molecule has 0 fully saturated rings. The van der Waals surface area contributed by atoms with Crippen LogP contribution < -0.4 is 5.73 Å². The van der Waals surface area contributed by atoms with E-state index < -0.39 is 0 Å². The van der Waals surface area contributed by atoms with Crippen molar-refractivity contribution in [2.24, 2.45) is 12.8 Å². The van der Waals surface area contributed by atoms with E-state index in [1.54, 1.807) is 13.2 Å². The van der Waals surface area contributed by atoms with Gasteiger partial charge in [0.15, 0.2) is 5.82 Å². The third-order valence-electron chi connectivity index (χ3n) is 2.19. The van der Waals surface area contributed by atoms with E-state index in [0.717, 1.165) is 12.1 Å². The van der Waals surface area contributed by atoms with Crippen molar-refractivity contribution in [2.45, 2.75) is 18.9 Å². The molecule has 6 heteroatoms. The van der Waals surface area contributed by atoms with Crippen molar-refractivity contribution >= 4 is 0 Å². The average Bonchev–Trinajstić information content (AvgIpc) is 2.65. The van der Waals surface area contributed by atoms with E-state index in [0.29, 0.717) is 12.2 Å². The number of nitrogens with zero attached hydrogens (tertiary/aromatic N) is 5. The lowest BCUT2D eigenvalue weighted by molar-refractivity contribution is 0.612. The Morgan fingerprint density at radius 2 is 2.25 bits per heavy atom. The third-order valence-corrected chi connectivity index (χ3v) is 2.19. The Balaban J connectivity index is 1.92. The minimum atomic E-state index is -0.0286. The van der Waals surface area contributed by atoms with Gasteiger partial charge in [0.25, 0.3) is 0 Å². The van der Waals surface area contributed by atoms with Gasteiger partial charge in [0.05, 0.1) is 7.05 Å². The van der Waals surface area contributed by atoms with Gasteiger partial charge in [0, 0.05) is 30.8 Å². The van der Waals surface area contributed by atoms with Gasteiger partial charge in [-0.25, -0.2) is 0 Å².